The number of carbonyl (C=O) groups is 3. The molecule has 4 aromatic carbocycles. The van der Waals surface area contributed by atoms with Crippen LogP contribution in [0.5, 0.6) is 11.5 Å². The van der Waals surface area contributed by atoms with Crippen molar-refractivity contribution in [2.24, 2.45) is 0 Å². The van der Waals surface area contributed by atoms with Gasteiger partial charge in [-0.05, 0) is 65.7 Å². The van der Waals surface area contributed by atoms with Crippen molar-refractivity contribution in [1.82, 2.24) is 0 Å². The molecular weight excluding hydrogens is 525 g/mol. The Balaban J connectivity index is 1.16. The van der Waals surface area contributed by atoms with Gasteiger partial charge in [-0.15, -0.1) is 0 Å². The van der Waals surface area contributed by atoms with Gasteiger partial charge in [-0.1, -0.05) is 42.5 Å². The first kappa shape index (κ1) is 28.2. The second-order valence-electron chi connectivity index (χ2n) is 8.79. The van der Waals surface area contributed by atoms with E-state index in [2.05, 4.69) is 10.6 Å². The molecule has 4 rings (SSSR count). The topological polar surface area (TPSA) is 93.7 Å². The number of benzene rings is 4. The standard InChI is InChI=1S/C30H25F3N2O5/c31-30(32,33)25-8-3-4-9-26(25)35-28(37)19-39-29(38)11-5-10-27(36)34-22-13-16-23(17-14-22)40-24-15-12-20-6-1-2-7-21(20)18-24/h1-4,6-9,12-18H,5,10-11,19H2,(H,34,36)(H,35,37). The van der Waals surface area contributed by atoms with Gasteiger partial charge in [0.25, 0.3) is 5.91 Å². The Morgan fingerprint density at radius 1 is 0.700 bits per heavy atom. The lowest BCUT2D eigenvalue weighted by Gasteiger charge is -2.13. The predicted molar refractivity (Wildman–Crippen MR) is 144 cm³/mol. The number of esters is 1. The van der Waals surface area contributed by atoms with E-state index in [4.69, 9.17) is 9.47 Å². The van der Waals surface area contributed by atoms with E-state index in [-0.39, 0.29) is 25.2 Å². The second kappa shape index (κ2) is 12.8. The van der Waals surface area contributed by atoms with Crippen LogP contribution in [0.2, 0.25) is 0 Å². The molecule has 0 saturated heterocycles. The minimum absolute atomic E-state index is 0.0234. The van der Waals surface area contributed by atoms with Crippen LogP contribution in [0.4, 0.5) is 24.5 Å². The van der Waals surface area contributed by atoms with Crippen molar-refractivity contribution < 1.29 is 37.0 Å². The van der Waals surface area contributed by atoms with Gasteiger partial charge in [0.15, 0.2) is 6.61 Å². The summed E-state index contributed by atoms with van der Waals surface area (Å²) >= 11 is 0. The number of rotatable bonds is 10. The Bertz CT molecular complexity index is 1500. The molecular formula is C30H25F3N2O5. The number of para-hydroxylation sites is 1. The van der Waals surface area contributed by atoms with Gasteiger partial charge in [-0.3, -0.25) is 14.4 Å². The van der Waals surface area contributed by atoms with E-state index in [1.165, 1.54) is 12.1 Å². The summed E-state index contributed by atoms with van der Waals surface area (Å²) in [4.78, 5) is 36.1. The normalized spacial score (nSPS) is 11.1. The molecule has 0 bridgehead atoms. The van der Waals surface area contributed by atoms with E-state index in [0.29, 0.717) is 17.2 Å². The quantitative estimate of drug-likeness (QED) is 0.209. The molecule has 206 valence electrons. The third-order valence-corrected chi connectivity index (χ3v) is 5.75. The van der Waals surface area contributed by atoms with Gasteiger partial charge in [0, 0.05) is 18.5 Å². The smallest absolute Gasteiger partial charge is 0.418 e. The summed E-state index contributed by atoms with van der Waals surface area (Å²) in [5.41, 5.74) is -0.886. The molecule has 40 heavy (non-hydrogen) atoms. The number of alkyl halides is 3. The molecule has 0 unspecified atom stereocenters. The number of fused-ring (bicyclic) bond motifs is 1. The molecule has 0 radical (unpaired) electrons. The summed E-state index contributed by atoms with van der Waals surface area (Å²) in [6.07, 6.45) is -4.60. The van der Waals surface area contributed by atoms with Crippen LogP contribution in [-0.4, -0.2) is 24.4 Å². The molecule has 0 saturated carbocycles. The van der Waals surface area contributed by atoms with Crippen LogP contribution >= 0.6 is 0 Å². The number of carbonyl (C=O) groups excluding carboxylic acids is 3. The molecule has 7 nitrogen and oxygen atoms in total. The van der Waals surface area contributed by atoms with Gasteiger partial charge in [-0.2, -0.15) is 13.2 Å². The lowest BCUT2D eigenvalue weighted by Crippen LogP contribution is -2.22. The first-order valence-electron chi connectivity index (χ1n) is 12.4. The van der Waals surface area contributed by atoms with Crippen LogP contribution < -0.4 is 15.4 Å². The van der Waals surface area contributed by atoms with E-state index in [9.17, 15) is 27.6 Å². The first-order chi connectivity index (χ1) is 19.2. The third-order valence-electron chi connectivity index (χ3n) is 5.75. The zero-order valence-electron chi connectivity index (χ0n) is 21.2. The first-order valence-corrected chi connectivity index (χ1v) is 12.4. The lowest BCUT2D eigenvalue weighted by atomic mass is 10.1. The maximum atomic E-state index is 13.0. The Morgan fingerprint density at radius 3 is 2.12 bits per heavy atom. The van der Waals surface area contributed by atoms with E-state index < -0.39 is 35.9 Å². The molecule has 0 aliphatic carbocycles. The minimum Gasteiger partial charge on any atom is -0.457 e. The van der Waals surface area contributed by atoms with Crippen LogP contribution in [-0.2, 0) is 25.3 Å². The minimum atomic E-state index is -4.64. The third kappa shape index (κ3) is 8.07. The van der Waals surface area contributed by atoms with Crippen molar-refractivity contribution in [2.75, 3.05) is 17.2 Å². The number of halogens is 3. The molecule has 2 amide bonds. The zero-order valence-corrected chi connectivity index (χ0v) is 21.2. The number of nitrogens with one attached hydrogen (secondary N) is 2. The number of ether oxygens (including phenoxy) is 2. The Hall–Kier alpha value is -4.86. The molecule has 0 atom stereocenters. The maximum Gasteiger partial charge on any atom is 0.418 e. The zero-order chi connectivity index (χ0) is 28.5. The average Bonchev–Trinajstić information content (AvgIpc) is 2.93. The Kier molecular flexibility index (Phi) is 9.00. The number of hydrogen-bond acceptors (Lipinski definition) is 5. The second-order valence-corrected chi connectivity index (χ2v) is 8.79. The molecule has 10 heteroatoms. The summed E-state index contributed by atoms with van der Waals surface area (Å²) in [5.74, 6) is -0.691. The number of hydrogen-bond donors (Lipinski definition) is 2. The van der Waals surface area contributed by atoms with Crippen molar-refractivity contribution >= 4 is 39.9 Å². The average molecular weight is 551 g/mol. The molecule has 0 aromatic heterocycles. The maximum absolute atomic E-state index is 13.0. The van der Waals surface area contributed by atoms with Gasteiger partial charge in [0.2, 0.25) is 5.91 Å². The van der Waals surface area contributed by atoms with Crippen LogP contribution in [0.25, 0.3) is 10.8 Å². The fourth-order valence-electron chi connectivity index (χ4n) is 3.83. The summed E-state index contributed by atoms with van der Waals surface area (Å²) in [5, 5.41) is 6.98. The van der Waals surface area contributed by atoms with Gasteiger partial charge < -0.3 is 20.1 Å². The monoisotopic (exact) mass is 550 g/mol. The van der Waals surface area contributed by atoms with Gasteiger partial charge in [-0.25, -0.2) is 0 Å². The molecule has 4 aromatic rings. The number of anilines is 2. The molecule has 0 aliphatic rings. The predicted octanol–water partition coefficient (Wildman–Crippen LogP) is 6.94. The molecule has 2 N–H and O–H groups in total. The van der Waals surface area contributed by atoms with Crippen molar-refractivity contribution in [1.29, 1.82) is 0 Å². The SMILES string of the molecule is O=C(CCCC(=O)OCC(=O)Nc1ccccc1C(F)(F)F)Nc1ccc(Oc2ccc3ccccc3c2)cc1. The van der Waals surface area contributed by atoms with Gasteiger partial charge in [0.1, 0.15) is 11.5 Å². The van der Waals surface area contributed by atoms with Crippen molar-refractivity contribution in [2.45, 2.75) is 25.4 Å². The highest BCUT2D eigenvalue weighted by Crippen LogP contribution is 2.34. The van der Waals surface area contributed by atoms with Crippen LogP contribution in [0, 0.1) is 0 Å². The molecule has 0 heterocycles. The van der Waals surface area contributed by atoms with Gasteiger partial charge in [0.05, 0.1) is 11.3 Å². The summed E-state index contributed by atoms with van der Waals surface area (Å²) in [6, 6.07) is 25.0. The van der Waals surface area contributed by atoms with Crippen molar-refractivity contribution in [3.63, 3.8) is 0 Å². The van der Waals surface area contributed by atoms with Crippen LogP contribution in [0.3, 0.4) is 0 Å². The highest BCUT2D eigenvalue weighted by molar-refractivity contribution is 5.94. The largest absolute Gasteiger partial charge is 0.457 e. The summed E-state index contributed by atoms with van der Waals surface area (Å²) < 4.78 is 49.8. The van der Waals surface area contributed by atoms with Crippen molar-refractivity contribution in [3.8, 4) is 11.5 Å². The fraction of sp³-hybridized carbons (Fsp3) is 0.167. The Labute approximate surface area is 227 Å². The van der Waals surface area contributed by atoms with Gasteiger partial charge >= 0.3 is 12.1 Å². The van der Waals surface area contributed by atoms with Crippen LogP contribution in [0.15, 0.2) is 91.0 Å². The molecule has 0 fully saturated rings. The van der Waals surface area contributed by atoms with Crippen molar-refractivity contribution in [3.05, 3.63) is 96.6 Å². The molecule has 0 spiro atoms. The Morgan fingerprint density at radius 2 is 1.38 bits per heavy atom. The highest BCUT2D eigenvalue weighted by atomic mass is 19.4. The van der Waals surface area contributed by atoms with E-state index in [1.54, 1.807) is 24.3 Å². The fourth-order valence-corrected chi connectivity index (χ4v) is 3.83. The highest BCUT2D eigenvalue weighted by Gasteiger charge is 2.33. The van der Waals surface area contributed by atoms with Crippen LogP contribution in [0.1, 0.15) is 24.8 Å². The summed E-state index contributed by atoms with van der Waals surface area (Å²) in [7, 11) is 0. The van der Waals surface area contributed by atoms with E-state index >= 15 is 0 Å². The number of amides is 2. The van der Waals surface area contributed by atoms with E-state index in [1.807, 2.05) is 42.5 Å². The molecule has 0 aliphatic heterocycles. The lowest BCUT2D eigenvalue weighted by molar-refractivity contribution is -0.147. The van der Waals surface area contributed by atoms with E-state index in [0.717, 1.165) is 22.9 Å². The summed E-state index contributed by atoms with van der Waals surface area (Å²) in [6.45, 7) is -0.745.